The number of amides is 1. The van der Waals surface area contributed by atoms with Gasteiger partial charge in [-0.15, -0.1) is 0 Å². The maximum atomic E-state index is 12.5. The maximum Gasteiger partial charge on any atom is 0.326 e. The minimum absolute atomic E-state index is 0.205. The number of carbonyl (C=O) groups is 1. The minimum Gasteiger partial charge on any atom is -0.331 e. The first-order chi connectivity index (χ1) is 11.9. The van der Waals surface area contributed by atoms with Crippen LogP contribution in [0.25, 0.3) is 22.1 Å². The number of benzene rings is 2. The number of anilines is 1. The van der Waals surface area contributed by atoms with Crippen LogP contribution in [0.1, 0.15) is 16.2 Å². The van der Waals surface area contributed by atoms with Crippen molar-refractivity contribution in [3.8, 4) is 0 Å². The molecule has 4 aromatic rings. The molecule has 126 valence electrons. The van der Waals surface area contributed by atoms with Gasteiger partial charge in [-0.05, 0) is 43.3 Å². The van der Waals surface area contributed by atoms with Crippen LogP contribution >= 0.6 is 0 Å². The number of fused-ring (bicyclic) bond motifs is 2. The lowest BCUT2D eigenvalue weighted by atomic mass is 10.1. The van der Waals surface area contributed by atoms with Crippen LogP contribution in [0.4, 0.5) is 5.69 Å². The third kappa shape index (κ3) is 2.40. The molecule has 2 heterocycles. The summed E-state index contributed by atoms with van der Waals surface area (Å²) in [6.07, 6.45) is 0. The van der Waals surface area contributed by atoms with Gasteiger partial charge in [0, 0.05) is 25.3 Å². The maximum absolute atomic E-state index is 12.5. The van der Waals surface area contributed by atoms with Gasteiger partial charge in [0.2, 0.25) is 0 Å². The normalized spacial score (nSPS) is 11.3. The van der Waals surface area contributed by atoms with Crippen molar-refractivity contribution in [1.82, 2.24) is 19.1 Å². The summed E-state index contributed by atoms with van der Waals surface area (Å²) in [6, 6.07) is 10.8. The highest BCUT2D eigenvalue weighted by atomic mass is 16.2. The lowest BCUT2D eigenvalue weighted by Gasteiger charge is -2.06. The number of aromatic amines is 1. The van der Waals surface area contributed by atoms with E-state index in [1.807, 2.05) is 36.7 Å². The van der Waals surface area contributed by atoms with Crippen LogP contribution < -0.4 is 11.0 Å². The van der Waals surface area contributed by atoms with Gasteiger partial charge in [-0.3, -0.25) is 9.36 Å². The summed E-state index contributed by atoms with van der Waals surface area (Å²) in [6.45, 7) is 1.94. The van der Waals surface area contributed by atoms with Gasteiger partial charge in [0.15, 0.2) is 0 Å². The van der Waals surface area contributed by atoms with E-state index in [-0.39, 0.29) is 11.6 Å². The number of nitrogens with one attached hydrogen (secondary N) is 2. The summed E-state index contributed by atoms with van der Waals surface area (Å²) in [7, 11) is 3.62. The van der Waals surface area contributed by atoms with Crippen LogP contribution in [-0.4, -0.2) is 25.0 Å². The largest absolute Gasteiger partial charge is 0.331 e. The molecule has 1 amide bonds. The highest BCUT2D eigenvalue weighted by Gasteiger charge is 2.11. The monoisotopic (exact) mass is 335 g/mol. The third-order valence-electron chi connectivity index (χ3n) is 4.53. The lowest BCUT2D eigenvalue weighted by Crippen LogP contribution is -2.13. The Morgan fingerprint density at radius 1 is 1.08 bits per heavy atom. The van der Waals surface area contributed by atoms with Crippen LogP contribution in [0.2, 0.25) is 0 Å². The molecule has 0 bridgehead atoms. The molecule has 0 atom stereocenters. The zero-order valence-electron chi connectivity index (χ0n) is 14.1. The predicted molar refractivity (Wildman–Crippen MR) is 96.9 cm³/mol. The number of carbonyl (C=O) groups excluding carboxylic acids is 1. The number of aryl methyl sites for hydroxylation is 3. The second kappa shape index (κ2) is 5.34. The summed E-state index contributed by atoms with van der Waals surface area (Å²) < 4.78 is 3.48. The molecule has 2 aromatic carbocycles. The van der Waals surface area contributed by atoms with Crippen LogP contribution in [0, 0.1) is 6.92 Å². The Morgan fingerprint density at radius 3 is 2.68 bits per heavy atom. The number of nitrogens with zero attached hydrogens (tertiary/aromatic N) is 3. The van der Waals surface area contributed by atoms with E-state index in [9.17, 15) is 9.59 Å². The van der Waals surface area contributed by atoms with E-state index in [4.69, 9.17) is 0 Å². The fourth-order valence-electron chi connectivity index (χ4n) is 2.97. The van der Waals surface area contributed by atoms with E-state index < -0.39 is 0 Å². The lowest BCUT2D eigenvalue weighted by molar-refractivity contribution is 0.102. The van der Waals surface area contributed by atoms with Gasteiger partial charge in [-0.25, -0.2) is 9.78 Å². The van der Waals surface area contributed by atoms with Crippen molar-refractivity contribution in [3.05, 3.63) is 58.3 Å². The Morgan fingerprint density at radius 2 is 1.88 bits per heavy atom. The minimum atomic E-state index is -0.234. The molecule has 7 heteroatoms. The molecular formula is C18H17N5O2. The Labute approximate surface area is 142 Å². The summed E-state index contributed by atoms with van der Waals surface area (Å²) in [4.78, 5) is 31.4. The van der Waals surface area contributed by atoms with Gasteiger partial charge >= 0.3 is 5.69 Å². The zero-order valence-corrected chi connectivity index (χ0v) is 14.1. The molecule has 0 aliphatic carbocycles. The standard InChI is InChI=1S/C18H17N5O2/c1-10-19-14-9-12(5-7-15(14)22(10)2)20-17(24)11-4-6-13-16(8-11)23(3)18(25)21-13/h4-9H,1-3H3,(H,20,24)(H,21,25). The van der Waals surface area contributed by atoms with Crippen molar-refractivity contribution in [3.63, 3.8) is 0 Å². The molecule has 2 N–H and O–H groups in total. The molecule has 0 aliphatic rings. The third-order valence-corrected chi connectivity index (χ3v) is 4.53. The van der Waals surface area contributed by atoms with Crippen molar-refractivity contribution >= 4 is 33.7 Å². The van der Waals surface area contributed by atoms with Gasteiger partial charge < -0.3 is 14.9 Å². The average molecular weight is 335 g/mol. The van der Waals surface area contributed by atoms with E-state index >= 15 is 0 Å². The second-order valence-electron chi connectivity index (χ2n) is 6.10. The Kier molecular flexibility index (Phi) is 3.24. The van der Waals surface area contributed by atoms with Gasteiger partial charge in [0.1, 0.15) is 5.82 Å². The number of hydrogen-bond donors (Lipinski definition) is 2. The Hall–Kier alpha value is -3.35. The molecule has 25 heavy (non-hydrogen) atoms. The smallest absolute Gasteiger partial charge is 0.326 e. The first-order valence-corrected chi connectivity index (χ1v) is 7.87. The van der Waals surface area contributed by atoms with Gasteiger partial charge in [0.05, 0.1) is 22.1 Å². The summed E-state index contributed by atoms with van der Waals surface area (Å²) >= 11 is 0. The average Bonchev–Trinajstić information content (AvgIpc) is 3.03. The van der Waals surface area contributed by atoms with E-state index in [0.717, 1.165) is 16.9 Å². The highest BCUT2D eigenvalue weighted by Crippen LogP contribution is 2.20. The van der Waals surface area contributed by atoms with Crippen molar-refractivity contribution in [2.24, 2.45) is 14.1 Å². The molecule has 7 nitrogen and oxygen atoms in total. The van der Waals surface area contributed by atoms with E-state index in [0.29, 0.717) is 22.3 Å². The number of H-pyrrole nitrogens is 1. The quantitative estimate of drug-likeness (QED) is 0.589. The summed E-state index contributed by atoms with van der Waals surface area (Å²) in [5.74, 6) is 0.680. The van der Waals surface area contributed by atoms with Gasteiger partial charge in [-0.2, -0.15) is 0 Å². The molecule has 0 spiro atoms. The van der Waals surface area contributed by atoms with E-state index in [1.54, 1.807) is 25.2 Å². The SMILES string of the molecule is Cc1nc2cc(NC(=O)c3ccc4[nH]c(=O)n(C)c4c3)ccc2n1C. The number of aromatic nitrogens is 4. The van der Waals surface area contributed by atoms with Crippen LogP contribution in [0.5, 0.6) is 0 Å². The first kappa shape index (κ1) is 15.2. The number of rotatable bonds is 2. The van der Waals surface area contributed by atoms with E-state index in [2.05, 4.69) is 15.3 Å². The molecular weight excluding hydrogens is 318 g/mol. The van der Waals surface area contributed by atoms with Crippen LogP contribution in [0.3, 0.4) is 0 Å². The van der Waals surface area contributed by atoms with Crippen molar-refractivity contribution in [2.75, 3.05) is 5.32 Å². The topological polar surface area (TPSA) is 84.7 Å². The van der Waals surface area contributed by atoms with Crippen molar-refractivity contribution in [1.29, 1.82) is 0 Å². The second-order valence-corrected chi connectivity index (χ2v) is 6.10. The number of hydrogen-bond acceptors (Lipinski definition) is 3. The van der Waals surface area contributed by atoms with Gasteiger partial charge in [-0.1, -0.05) is 0 Å². The molecule has 0 radical (unpaired) electrons. The van der Waals surface area contributed by atoms with Crippen molar-refractivity contribution < 1.29 is 4.79 Å². The fourth-order valence-corrected chi connectivity index (χ4v) is 2.97. The van der Waals surface area contributed by atoms with Crippen LogP contribution in [-0.2, 0) is 14.1 Å². The van der Waals surface area contributed by atoms with E-state index in [1.165, 1.54) is 4.57 Å². The Balaban J connectivity index is 1.67. The Bertz CT molecular complexity index is 1200. The predicted octanol–water partition coefficient (Wildman–Crippen LogP) is 2.31. The van der Waals surface area contributed by atoms with Crippen molar-refractivity contribution in [2.45, 2.75) is 6.92 Å². The molecule has 2 aromatic heterocycles. The first-order valence-electron chi connectivity index (χ1n) is 7.87. The summed E-state index contributed by atoms with van der Waals surface area (Å²) in [5, 5.41) is 2.88. The summed E-state index contributed by atoms with van der Waals surface area (Å²) in [5.41, 5.74) is 4.20. The molecule has 0 aliphatic heterocycles. The number of imidazole rings is 2. The zero-order chi connectivity index (χ0) is 17.7. The molecule has 0 saturated carbocycles. The fraction of sp³-hybridized carbons (Fsp3) is 0.167. The van der Waals surface area contributed by atoms with Crippen LogP contribution in [0.15, 0.2) is 41.2 Å². The molecule has 0 saturated heterocycles. The molecule has 4 rings (SSSR count). The molecule has 0 fully saturated rings. The van der Waals surface area contributed by atoms with Gasteiger partial charge in [0.25, 0.3) is 5.91 Å². The molecule has 0 unspecified atom stereocenters. The highest BCUT2D eigenvalue weighted by molar-refractivity contribution is 6.06.